The van der Waals surface area contributed by atoms with E-state index < -0.39 is 0 Å². The van der Waals surface area contributed by atoms with Crippen LogP contribution in [0.1, 0.15) is 44.4 Å². The van der Waals surface area contributed by atoms with Crippen LogP contribution >= 0.6 is 11.6 Å². The molecule has 3 heteroatoms. The molecule has 1 heterocycles. The minimum atomic E-state index is 0.346. The fourth-order valence-electron chi connectivity index (χ4n) is 2.51. The number of hydrogen-bond acceptors (Lipinski definition) is 2. The van der Waals surface area contributed by atoms with E-state index in [9.17, 15) is 0 Å². The van der Waals surface area contributed by atoms with E-state index in [1.165, 1.54) is 19.3 Å². The zero-order valence-corrected chi connectivity index (χ0v) is 12.0. The van der Waals surface area contributed by atoms with Crippen molar-refractivity contribution < 1.29 is 4.42 Å². The summed E-state index contributed by atoms with van der Waals surface area (Å²) in [6.45, 7) is 3.23. The van der Waals surface area contributed by atoms with E-state index in [2.05, 4.69) is 18.3 Å². The molecule has 0 spiro atoms. The van der Waals surface area contributed by atoms with Crippen molar-refractivity contribution in [3.8, 4) is 0 Å². The molecule has 2 aromatic rings. The third-order valence-corrected chi connectivity index (χ3v) is 3.98. The highest BCUT2D eigenvalue weighted by Crippen LogP contribution is 2.38. The van der Waals surface area contributed by atoms with Crippen molar-refractivity contribution in [1.29, 1.82) is 0 Å². The summed E-state index contributed by atoms with van der Waals surface area (Å²) >= 11 is 6.03. The van der Waals surface area contributed by atoms with Crippen molar-refractivity contribution in [2.75, 3.05) is 6.54 Å². The molecular formula is C16H20ClNO. The molecule has 19 heavy (non-hydrogen) atoms. The number of rotatable bonds is 6. The normalized spacial score (nSPS) is 16.9. The first kappa shape index (κ1) is 13.0. The summed E-state index contributed by atoms with van der Waals surface area (Å²) < 4.78 is 5.99. The zero-order chi connectivity index (χ0) is 13.2. The molecule has 1 aromatic heterocycles. The Bertz CT molecular complexity index is 559. The minimum absolute atomic E-state index is 0.346. The molecule has 1 saturated carbocycles. The summed E-state index contributed by atoms with van der Waals surface area (Å²) in [7, 11) is 0. The maximum absolute atomic E-state index is 6.03. The summed E-state index contributed by atoms with van der Waals surface area (Å²) in [5.41, 5.74) is 0.929. The number of halogens is 1. The first-order valence-corrected chi connectivity index (χ1v) is 7.56. The van der Waals surface area contributed by atoms with Gasteiger partial charge in [0, 0.05) is 10.4 Å². The van der Waals surface area contributed by atoms with Gasteiger partial charge in [0.2, 0.25) is 0 Å². The first-order valence-electron chi connectivity index (χ1n) is 7.18. The van der Waals surface area contributed by atoms with Gasteiger partial charge in [0.1, 0.15) is 11.3 Å². The van der Waals surface area contributed by atoms with Crippen LogP contribution in [0.2, 0.25) is 5.02 Å². The molecule has 3 rings (SSSR count). The fourth-order valence-corrected chi connectivity index (χ4v) is 2.69. The van der Waals surface area contributed by atoms with Gasteiger partial charge in [-0.25, -0.2) is 0 Å². The average molecular weight is 278 g/mol. The van der Waals surface area contributed by atoms with Crippen molar-refractivity contribution in [2.24, 2.45) is 5.92 Å². The molecule has 1 fully saturated rings. The molecule has 1 aliphatic carbocycles. The summed E-state index contributed by atoms with van der Waals surface area (Å²) in [5, 5.41) is 5.47. The van der Waals surface area contributed by atoms with Crippen LogP contribution in [0.25, 0.3) is 11.0 Å². The summed E-state index contributed by atoms with van der Waals surface area (Å²) in [4.78, 5) is 0. The lowest BCUT2D eigenvalue weighted by atomic mass is 10.1. The van der Waals surface area contributed by atoms with Crippen LogP contribution in [0.3, 0.4) is 0 Å². The monoisotopic (exact) mass is 277 g/mol. The second-order valence-electron chi connectivity index (χ2n) is 5.52. The lowest BCUT2D eigenvalue weighted by Crippen LogP contribution is -2.22. The topological polar surface area (TPSA) is 25.2 Å². The van der Waals surface area contributed by atoms with Crippen LogP contribution in [0.5, 0.6) is 0 Å². The molecule has 1 aromatic carbocycles. The maximum atomic E-state index is 6.03. The smallest absolute Gasteiger partial charge is 0.134 e. The predicted molar refractivity (Wildman–Crippen MR) is 79.6 cm³/mol. The third kappa shape index (κ3) is 3.13. The highest BCUT2D eigenvalue weighted by Gasteiger charge is 2.27. The molecule has 0 saturated heterocycles. The number of furan rings is 1. The van der Waals surface area contributed by atoms with Crippen LogP contribution in [0.15, 0.2) is 28.7 Å². The average Bonchev–Trinajstić information content (AvgIpc) is 3.12. The SMILES string of the molecule is CCCNC(CC1CC1)c1cc2cc(Cl)ccc2o1. The van der Waals surface area contributed by atoms with Crippen LogP contribution in [-0.2, 0) is 0 Å². The van der Waals surface area contributed by atoms with Gasteiger partial charge in [0.05, 0.1) is 6.04 Å². The fraction of sp³-hybridized carbons (Fsp3) is 0.500. The zero-order valence-electron chi connectivity index (χ0n) is 11.3. The molecule has 2 nitrogen and oxygen atoms in total. The minimum Gasteiger partial charge on any atom is -0.459 e. The van der Waals surface area contributed by atoms with Crippen molar-refractivity contribution >= 4 is 22.6 Å². The van der Waals surface area contributed by atoms with Crippen molar-refractivity contribution in [3.63, 3.8) is 0 Å². The largest absolute Gasteiger partial charge is 0.459 e. The van der Waals surface area contributed by atoms with Gasteiger partial charge in [0.25, 0.3) is 0 Å². The Balaban J connectivity index is 1.84. The van der Waals surface area contributed by atoms with Gasteiger partial charge in [-0.2, -0.15) is 0 Å². The lowest BCUT2D eigenvalue weighted by molar-refractivity contribution is 0.396. The molecule has 1 N–H and O–H groups in total. The van der Waals surface area contributed by atoms with Gasteiger partial charge >= 0.3 is 0 Å². The molecule has 0 radical (unpaired) electrons. The van der Waals surface area contributed by atoms with E-state index in [1.807, 2.05) is 18.2 Å². The molecular weight excluding hydrogens is 258 g/mol. The van der Waals surface area contributed by atoms with Crippen LogP contribution in [-0.4, -0.2) is 6.54 Å². The second kappa shape index (κ2) is 5.56. The van der Waals surface area contributed by atoms with E-state index in [1.54, 1.807) is 0 Å². The van der Waals surface area contributed by atoms with Gasteiger partial charge in [0.15, 0.2) is 0 Å². The second-order valence-corrected chi connectivity index (χ2v) is 5.95. The summed E-state index contributed by atoms with van der Waals surface area (Å²) in [6.07, 6.45) is 5.08. The van der Waals surface area contributed by atoms with Crippen LogP contribution in [0.4, 0.5) is 0 Å². The molecule has 102 valence electrons. The maximum Gasteiger partial charge on any atom is 0.134 e. The van der Waals surface area contributed by atoms with Crippen molar-refractivity contribution in [1.82, 2.24) is 5.32 Å². The van der Waals surface area contributed by atoms with Gasteiger partial charge in [-0.15, -0.1) is 0 Å². The Labute approximate surface area is 119 Å². The Kier molecular flexibility index (Phi) is 3.81. The molecule has 1 unspecified atom stereocenters. The Morgan fingerprint density at radius 3 is 2.95 bits per heavy atom. The predicted octanol–water partition coefficient (Wildman–Crippen LogP) is 4.93. The molecule has 1 aliphatic rings. The highest BCUT2D eigenvalue weighted by atomic mass is 35.5. The van der Waals surface area contributed by atoms with E-state index in [0.717, 1.165) is 40.6 Å². The van der Waals surface area contributed by atoms with Crippen molar-refractivity contribution in [2.45, 2.75) is 38.6 Å². The molecule has 1 atom stereocenters. The molecule has 0 aliphatic heterocycles. The van der Waals surface area contributed by atoms with E-state index in [4.69, 9.17) is 16.0 Å². The van der Waals surface area contributed by atoms with Gasteiger partial charge < -0.3 is 9.73 Å². The van der Waals surface area contributed by atoms with Gasteiger partial charge in [-0.1, -0.05) is 31.4 Å². The van der Waals surface area contributed by atoms with E-state index >= 15 is 0 Å². The number of benzene rings is 1. The molecule has 0 amide bonds. The summed E-state index contributed by atoms with van der Waals surface area (Å²) in [6, 6.07) is 8.29. The number of hydrogen-bond donors (Lipinski definition) is 1. The Morgan fingerprint density at radius 1 is 1.37 bits per heavy atom. The summed E-state index contributed by atoms with van der Waals surface area (Å²) in [5.74, 6) is 1.93. The first-order chi connectivity index (χ1) is 9.26. The standard InChI is InChI=1S/C16H20ClNO/c1-2-7-18-14(8-11-3-4-11)16-10-12-9-13(17)5-6-15(12)19-16/h5-6,9-11,14,18H,2-4,7-8H2,1H3. The highest BCUT2D eigenvalue weighted by molar-refractivity contribution is 6.31. The van der Waals surface area contributed by atoms with Crippen LogP contribution in [0, 0.1) is 5.92 Å². The lowest BCUT2D eigenvalue weighted by Gasteiger charge is -2.15. The Hall–Kier alpha value is -0.990. The number of nitrogens with one attached hydrogen (secondary N) is 1. The Morgan fingerprint density at radius 2 is 2.21 bits per heavy atom. The van der Waals surface area contributed by atoms with E-state index in [0.29, 0.717) is 6.04 Å². The third-order valence-electron chi connectivity index (χ3n) is 3.75. The van der Waals surface area contributed by atoms with Gasteiger partial charge in [-0.3, -0.25) is 0 Å². The van der Waals surface area contributed by atoms with E-state index in [-0.39, 0.29) is 0 Å². The number of fused-ring (bicyclic) bond motifs is 1. The molecule has 0 bridgehead atoms. The van der Waals surface area contributed by atoms with Crippen molar-refractivity contribution in [3.05, 3.63) is 35.0 Å². The quantitative estimate of drug-likeness (QED) is 0.810. The van der Waals surface area contributed by atoms with Crippen LogP contribution < -0.4 is 5.32 Å². The van der Waals surface area contributed by atoms with Gasteiger partial charge in [-0.05, 0) is 49.6 Å².